The number of nitrogens with one attached hydrogen (secondary N) is 1. The number of phenols is 1. The molecule has 4 rings (SSSR count). The molecule has 3 aromatic carbocycles. The number of nitriles is 1. The monoisotopic (exact) mass is 393 g/mol. The third-order valence-corrected chi connectivity index (χ3v) is 5.01. The second kappa shape index (κ2) is 8.06. The molecule has 1 atom stereocenters. The first kappa shape index (κ1) is 19.2. The van der Waals surface area contributed by atoms with Crippen molar-refractivity contribution in [1.29, 1.82) is 5.26 Å². The minimum absolute atomic E-state index is 0.142. The Balaban J connectivity index is 1.49. The highest BCUT2D eigenvalue weighted by Gasteiger charge is 2.13. The number of carbonyl (C=O) groups excluding carboxylic acids is 1. The van der Waals surface area contributed by atoms with Crippen LogP contribution in [0.1, 0.15) is 34.5 Å². The molecule has 0 aliphatic heterocycles. The van der Waals surface area contributed by atoms with Crippen LogP contribution < -0.4 is 5.32 Å². The molecule has 5 heteroatoms. The fraction of sp³-hybridized carbons (Fsp3) is 0.0800. The Hall–Kier alpha value is -4.17. The summed E-state index contributed by atoms with van der Waals surface area (Å²) in [5, 5.41) is 22.4. The summed E-state index contributed by atoms with van der Waals surface area (Å²) in [7, 11) is 0. The molecule has 0 saturated heterocycles. The molecule has 0 saturated carbocycles. The smallest absolute Gasteiger partial charge is 0.253 e. The van der Waals surface area contributed by atoms with Crippen LogP contribution in [0.4, 0.5) is 0 Å². The Morgan fingerprint density at radius 1 is 1.03 bits per heavy atom. The van der Waals surface area contributed by atoms with Gasteiger partial charge in [-0.2, -0.15) is 5.26 Å². The van der Waals surface area contributed by atoms with Gasteiger partial charge in [-0.25, -0.2) is 0 Å². The van der Waals surface area contributed by atoms with E-state index in [4.69, 9.17) is 5.26 Å². The van der Waals surface area contributed by atoms with Crippen molar-refractivity contribution in [3.05, 3.63) is 95.7 Å². The fourth-order valence-electron chi connectivity index (χ4n) is 3.33. The van der Waals surface area contributed by atoms with Crippen LogP contribution in [0, 0.1) is 11.3 Å². The molecule has 30 heavy (non-hydrogen) atoms. The molecule has 0 aliphatic rings. The van der Waals surface area contributed by atoms with Crippen molar-refractivity contribution in [2.45, 2.75) is 13.0 Å². The normalized spacial score (nSPS) is 11.6. The summed E-state index contributed by atoms with van der Waals surface area (Å²) in [6.45, 7) is 1.93. The minimum Gasteiger partial charge on any atom is -0.508 e. The third kappa shape index (κ3) is 3.98. The fourth-order valence-corrected chi connectivity index (χ4v) is 3.33. The van der Waals surface area contributed by atoms with Crippen LogP contribution in [0.25, 0.3) is 22.0 Å². The zero-order valence-corrected chi connectivity index (χ0v) is 16.3. The molecule has 1 aromatic heterocycles. The largest absolute Gasteiger partial charge is 0.508 e. The highest BCUT2D eigenvalue weighted by molar-refractivity contribution is 5.97. The standard InChI is InChI=1S/C25H19N3O2/c1-16(18-5-7-19(8-6-18)20-4-2-3-17(11-20)14-26)28-25(30)22-12-21-9-10-23(29)13-24(21)27-15-22/h2-13,15-16,29H,1H3,(H,28,30). The number of hydrogen-bond acceptors (Lipinski definition) is 4. The van der Waals surface area contributed by atoms with E-state index in [1.165, 1.54) is 6.20 Å². The minimum atomic E-state index is -0.212. The molecule has 0 spiro atoms. The van der Waals surface area contributed by atoms with Crippen LogP contribution in [0.3, 0.4) is 0 Å². The molecule has 2 N–H and O–H groups in total. The number of carbonyl (C=O) groups is 1. The Bertz CT molecular complexity index is 1270. The van der Waals surface area contributed by atoms with Crippen molar-refractivity contribution in [2.24, 2.45) is 0 Å². The first-order valence-corrected chi connectivity index (χ1v) is 9.53. The van der Waals surface area contributed by atoms with Crippen molar-refractivity contribution in [2.75, 3.05) is 0 Å². The summed E-state index contributed by atoms with van der Waals surface area (Å²) in [5.74, 6) is -0.0700. The van der Waals surface area contributed by atoms with E-state index < -0.39 is 0 Å². The van der Waals surface area contributed by atoms with Gasteiger partial charge in [0.15, 0.2) is 0 Å². The van der Waals surface area contributed by atoms with Crippen LogP contribution in [0.5, 0.6) is 5.75 Å². The summed E-state index contributed by atoms with van der Waals surface area (Å²) in [6, 6.07) is 24.0. The number of aromatic nitrogens is 1. The number of pyridine rings is 1. The van der Waals surface area contributed by atoms with Crippen molar-refractivity contribution >= 4 is 16.8 Å². The van der Waals surface area contributed by atoms with E-state index >= 15 is 0 Å². The van der Waals surface area contributed by atoms with E-state index in [9.17, 15) is 9.90 Å². The summed E-state index contributed by atoms with van der Waals surface area (Å²) < 4.78 is 0. The maximum absolute atomic E-state index is 12.7. The average Bonchev–Trinajstić information content (AvgIpc) is 2.78. The van der Waals surface area contributed by atoms with E-state index in [0.29, 0.717) is 16.6 Å². The Kier molecular flexibility index (Phi) is 5.15. The Morgan fingerprint density at radius 3 is 2.60 bits per heavy atom. The van der Waals surface area contributed by atoms with Crippen LogP contribution >= 0.6 is 0 Å². The van der Waals surface area contributed by atoms with Gasteiger partial charge in [0.2, 0.25) is 0 Å². The molecule has 1 heterocycles. The van der Waals surface area contributed by atoms with E-state index in [2.05, 4.69) is 16.4 Å². The topological polar surface area (TPSA) is 86.0 Å². The number of phenolic OH excluding ortho intramolecular Hbond substituents is 1. The van der Waals surface area contributed by atoms with Crippen LogP contribution in [-0.2, 0) is 0 Å². The number of benzene rings is 3. The SMILES string of the molecule is CC(NC(=O)c1cnc2cc(O)ccc2c1)c1ccc(-c2cccc(C#N)c2)cc1. The van der Waals surface area contributed by atoms with Gasteiger partial charge in [-0.3, -0.25) is 9.78 Å². The van der Waals surface area contributed by atoms with Gasteiger partial charge in [-0.1, -0.05) is 36.4 Å². The first-order valence-electron chi connectivity index (χ1n) is 9.53. The molecule has 0 radical (unpaired) electrons. The van der Waals surface area contributed by atoms with Crippen LogP contribution in [0.2, 0.25) is 0 Å². The van der Waals surface area contributed by atoms with Crippen molar-refractivity contribution in [3.63, 3.8) is 0 Å². The maximum Gasteiger partial charge on any atom is 0.253 e. The van der Waals surface area contributed by atoms with Crippen LogP contribution in [0.15, 0.2) is 79.0 Å². The zero-order chi connectivity index (χ0) is 21.1. The van der Waals surface area contributed by atoms with Crippen LogP contribution in [-0.4, -0.2) is 16.0 Å². The lowest BCUT2D eigenvalue weighted by molar-refractivity contribution is 0.0939. The molecule has 0 bridgehead atoms. The van der Waals surface area contributed by atoms with Crippen molar-refractivity contribution < 1.29 is 9.90 Å². The molecular weight excluding hydrogens is 374 g/mol. The summed E-state index contributed by atoms with van der Waals surface area (Å²) in [6.07, 6.45) is 1.51. The molecule has 146 valence electrons. The summed E-state index contributed by atoms with van der Waals surface area (Å²) in [5.41, 5.74) is 4.68. The number of amides is 1. The third-order valence-electron chi connectivity index (χ3n) is 5.01. The molecule has 0 fully saturated rings. The van der Waals surface area contributed by atoms with E-state index in [0.717, 1.165) is 22.1 Å². The molecular formula is C25H19N3O2. The second-order valence-corrected chi connectivity index (χ2v) is 7.11. The van der Waals surface area contributed by atoms with E-state index in [1.54, 1.807) is 30.3 Å². The number of rotatable bonds is 4. The van der Waals surface area contributed by atoms with Crippen molar-refractivity contribution in [1.82, 2.24) is 10.3 Å². The van der Waals surface area contributed by atoms with Gasteiger partial charge in [0.1, 0.15) is 5.75 Å². The number of nitrogens with zero attached hydrogens (tertiary/aromatic N) is 2. The maximum atomic E-state index is 12.7. The van der Waals surface area contributed by atoms with Gasteiger partial charge in [0.05, 0.1) is 28.8 Å². The second-order valence-electron chi connectivity index (χ2n) is 7.11. The molecule has 1 amide bonds. The predicted molar refractivity (Wildman–Crippen MR) is 116 cm³/mol. The Morgan fingerprint density at radius 2 is 1.83 bits per heavy atom. The van der Waals surface area contributed by atoms with Gasteiger partial charge in [-0.15, -0.1) is 0 Å². The lowest BCUT2D eigenvalue weighted by atomic mass is 10.00. The average molecular weight is 393 g/mol. The lowest BCUT2D eigenvalue weighted by Gasteiger charge is -2.15. The summed E-state index contributed by atoms with van der Waals surface area (Å²) in [4.78, 5) is 16.9. The first-order chi connectivity index (χ1) is 14.5. The van der Waals surface area contributed by atoms with Gasteiger partial charge >= 0.3 is 0 Å². The van der Waals surface area contributed by atoms with E-state index in [-0.39, 0.29) is 17.7 Å². The predicted octanol–water partition coefficient (Wildman–Crippen LogP) is 4.97. The van der Waals surface area contributed by atoms with Gasteiger partial charge < -0.3 is 10.4 Å². The number of fused-ring (bicyclic) bond motifs is 1. The van der Waals surface area contributed by atoms with Gasteiger partial charge in [-0.05, 0) is 53.9 Å². The molecule has 0 aliphatic carbocycles. The molecule has 1 unspecified atom stereocenters. The van der Waals surface area contributed by atoms with Gasteiger partial charge in [0.25, 0.3) is 5.91 Å². The highest BCUT2D eigenvalue weighted by atomic mass is 16.3. The summed E-state index contributed by atoms with van der Waals surface area (Å²) >= 11 is 0. The van der Waals surface area contributed by atoms with E-state index in [1.807, 2.05) is 49.4 Å². The highest BCUT2D eigenvalue weighted by Crippen LogP contribution is 2.23. The number of aromatic hydroxyl groups is 1. The Labute approximate surface area is 174 Å². The lowest BCUT2D eigenvalue weighted by Crippen LogP contribution is -2.26. The van der Waals surface area contributed by atoms with Gasteiger partial charge in [0, 0.05) is 17.6 Å². The molecule has 5 nitrogen and oxygen atoms in total. The zero-order valence-electron chi connectivity index (χ0n) is 16.3. The van der Waals surface area contributed by atoms with Crippen molar-refractivity contribution in [3.8, 4) is 22.9 Å². The number of hydrogen-bond donors (Lipinski definition) is 2. The molecule has 4 aromatic rings. The quantitative estimate of drug-likeness (QED) is 0.512.